The zero-order valence-corrected chi connectivity index (χ0v) is 8.02. The molecule has 3 N–H and O–H groups in total. The van der Waals surface area contributed by atoms with Gasteiger partial charge in [-0.25, -0.2) is 9.78 Å². The van der Waals surface area contributed by atoms with Crippen molar-refractivity contribution in [1.29, 1.82) is 0 Å². The molecule has 1 unspecified atom stereocenters. The standard InChI is InChI=1S/C9H12N2O3/c1-5(10)6-3-7(9(12)13)8(14-2)11-4-6/h3-5H,10H2,1-2H3,(H,12,13). The van der Waals surface area contributed by atoms with Gasteiger partial charge in [0.25, 0.3) is 0 Å². The number of nitrogens with zero attached hydrogens (tertiary/aromatic N) is 1. The van der Waals surface area contributed by atoms with Crippen molar-refractivity contribution in [3.05, 3.63) is 23.4 Å². The van der Waals surface area contributed by atoms with Crippen LogP contribution in [0.1, 0.15) is 28.9 Å². The fourth-order valence-electron chi connectivity index (χ4n) is 1.03. The molecule has 1 heterocycles. The highest BCUT2D eigenvalue weighted by Gasteiger charge is 2.14. The van der Waals surface area contributed by atoms with Gasteiger partial charge in [0.2, 0.25) is 5.88 Å². The van der Waals surface area contributed by atoms with Crippen LogP contribution in [0.15, 0.2) is 12.3 Å². The summed E-state index contributed by atoms with van der Waals surface area (Å²) in [5.41, 5.74) is 6.30. The van der Waals surface area contributed by atoms with Crippen LogP contribution in [0.3, 0.4) is 0 Å². The summed E-state index contributed by atoms with van der Waals surface area (Å²) in [6.45, 7) is 1.76. The zero-order chi connectivity index (χ0) is 10.7. The molecule has 5 nitrogen and oxygen atoms in total. The summed E-state index contributed by atoms with van der Waals surface area (Å²) in [5, 5.41) is 8.84. The number of rotatable bonds is 3. The van der Waals surface area contributed by atoms with E-state index in [1.54, 1.807) is 6.92 Å². The van der Waals surface area contributed by atoms with Gasteiger partial charge in [-0.15, -0.1) is 0 Å². The highest BCUT2D eigenvalue weighted by atomic mass is 16.5. The highest BCUT2D eigenvalue weighted by Crippen LogP contribution is 2.18. The van der Waals surface area contributed by atoms with E-state index < -0.39 is 5.97 Å². The Morgan fingerprint density at radius 3 is 2.79 bits per heavy atom. The molecule has 1 aromatic heterocycles. The second-order valence-electron chi connectivity index (χ2n) is 2.92. The molecule has 1 aromatic rings. The molecule has 0 aliphatic rings. The van der Waals surface area contributed by atoms with Crippen LogP contribution < -0.4 is 10.5 Å². The summed E-state index contributed by atoms with van der Waals surface area (Å²) in [6.07, 6.45) is 1.51. The first kappa shape index (κ1) is 10.5. The maximum atomic E-state index is 10.8. The third-order valence-electron chi connectivity index (χ3n) is 1.82. The van der Waals surface area contributed by atoms with Gasteiger partial charge in [0, 0.05) is 12.2 Å². The lowest BCUT2D eigenvalue weighted by Crippen LogP contribution is -2.09. The zero-order valence-electron chi connectivity index (χ0n) is 8.02. The van der Waals surface area contributed by atoms with Crippen molar-refractivity contribution in [3.63, 3.8) is 0 Å². The largest absolute Gasteiger partial charge is 0.480 e. The molecule has 76 valence electrons. The van der Waals surface area contributed by atoms with Gasteiger partial charge in [-0.05, 0) is 18.6 Å². The van der Waals surface area contributed by atoms with Crippen molar-refractivity contribution in [3.8, 4) is 5.88 Å². The highest BCUT2D eigenvalue weighted by molar-refractivity contribution is 5.90. The fourth-order valence-corrected chi connectivity index (χ4v) is 1.03. The van der Waals surface area contributed by atoms with Gasteiger partial charge < -0.3 is 15.6 Å². The number of methoxy groups -OCH3 is 1. The molecule has 0 amide bonds. The Bertz CT molecular complexity index is 350. The maximum Gasteiger partial charge on any atom is 0.341 e. The van der Waals surface area contributed by atoms with E-state index in [1.807, 2.05) is 0 Å². The van der Waals surface area contributed by atoms with Gasteiger partial charge in [0.15, 0.2) is 0 Å². The molecule has 1 rings (SSSR count). The molecule has 0 aromatic carbocycles. The summed E-state index contributed by atoms with van der Waals surface area (Å²) >= 11 is 0. The molecule has 0 spiro atoms. The molecule has 0 saturated heterocycles. The predicted molar refractivity (Wildman–Crippen MR) is 50.4 cm³/mol. The van der Waals surface area contributed by atoms with Crippen molar-refractivity contribution in [2.45, 2.75) is 13.0 Å². The van der Waals surface area contributed by atoms with E-state index >= 15 is 0 Å². The second-order valence-corrected chi connectivity index (χ2v) is 2.92. The third kappa shape index (κ3) is 2.00. The van der Waals surface area contributed by atoms with Crippen LogP contribution in [-0.4, -0.2) is 23.2 Å². The maximum absolute atomic E-state index is 10.8. The SMILES string of the molecule is COc1ncc(C(C)N)cc1C(=O)O. The Kier molecular flexibility index (Phi) is 3.03. The molecule has 14 heavy (non-hydrogen) atoms. The topological polar surface area (TPSA) is 85.4 Å². The molecule has 0 bridgehead atoms. The van der Waals surface area contributed by atoms with E-state index in [4.69, 9.17) is 15.6 Å². The van der Waals surface area contributed by atoms with Crippen LogP contribution in [0, 0.1) is 0 Å². The van der Waals surface area contributed by atoms with E-state index in [0.717, 1.165) is 0 Å². The van der Waals surface area contributed by atoms with Gasteiger partial charge in [0.1, 0.15) is 5.56 Å². The summed E-state index contributed by atoms with van der Waals surface area (Å²) in [7, 11) is 1.38. The average Bonchev–Trinajstić information content (AvgIpc) is 2.16. The molecule has 0 aliphatic carbocycles. The molecule has 0 radical (unpaired) electrons. The fraction of sp³-hybridized carbons (Fsp3) is 0.333. The van der Waals surface area contributed by atoms with Crippen molar-refractivity contribution in [2.75, 3.05) is 7.11 Å². The lowest BCUT2D eigenvalue weighted by molar-refractivity contribution is 0.0692. The van der Waals surface area contributed by atoms with E-state index in [1.165, 1.54) is 19.4 Å². The molecule has 5 heteroatoms. The summed E-state index contributed by atoms with van der Waals surface area (Å²) < 4.78 is 4.81. The van der Waals surface area contributed by atoms with Crippen molar-refractivity contribution < 1.29 is 14.6 Å². The Morgan fingerprint density at radius 1 is 1.71 bits per heavy atom. The molecule has 0 saturated carbocycles. The summed E-state index contributed by atoms with van der Waals surface area (Å²) in [5.74, 6) is -0.973. The Labute approximate surface area is 81.5 Å². The normalized spacial score (nSPS) is 12.2. The Morgan fingerprint density at radius 2 is 2.36 bits per heavy atom. The minimum Gasteiger partial charge on any atom is -0.480 e. The van der Waals surface area contributed by atoms with E-state index in [0.29, 0.717) is 5.56 Å². The first-order chi connectivity index (χ1) is 6.56. The van der Waals surface area contributed by atoms with Crippen LogP contribution in [-0.2, 0) is 0 Å². The van der Waals surface area contributed by atoms with Crippen LogP contribution >= 0.6 is 0 Å². The molecular weight excluding hydrogens is 184 g/mol. The second kappa shape index (κ2) is 4.06. The van der Waals surface area contributed by atoms with Crippen molar-refractivity contribution >= 4 is 5.97 Å². The van der Waals surface area contributed by atoms with Gasteiger partial charge >= 0.3 is 5.97 Å². The number of hydrogen-bond donors (Lipinski definition) is 2. The number of aromatic nitrogens is 1. The first-order valence-electron chi connectivity index (χ1n) is 4.09. The molecular formula is C9H12N2O3. The predicted octanol–water partition coefficient (Wildman–Crippen LogP) is 0.808. The van der Waals surface area contributed by atoms with Crippen molar-refractivity contribution in [1.82, 2.24) is 4.98 Å². The minimum atomic E-state index is -1.07. The van der Waals surface area contributed by atoms with Gasteiger partial charge in [-0.3, -0.25) is 0 Å². The lowest BCUT2D eigenvalue weighted by atomic mass is 10.1. The quantitative estimate of drug-likeness (QED) is 0.747. The van der Waals surface area contributed by atoms with Crippen LogP contribution in [0.25, 0.3) is 0 Å². The van der Waals surface area contributed by atoms with E-state index in [9.17, 15) is 4.79 Å². The third-order valence-corrected chi connectivity index (χ3v) is 1.82. The number of ether oxygens (including phenoxy) is 1. The lowest BCUT2D eigenvalue weighted by Gasteiger charge is -2.08. The molecule has 0 aliphatic heterocycles. The van der Waals surface area contributed by atoms with Gasteiger partial charge in [0.05, 0.1) is 7.11 Å². The average molecular weight is 196 g/mol. The van der Waals surface area contributed by atoms with E-state index in [-0.39, 0.29) is 17.5 Å². The number of nitrogens with two attached hydrogens (primary N) is 1. The first-order valence-corrected chi connectivity index (χ1v) is 4.09. The minimum absolute atomic E-state index is 0.0299. The Balaban J connectivity index is 3.21. The number of aromatic carboxylic acids is 1. The van der Waals surface area contributed by atoms with Gasteiger partial charge in [-0.1, -0.05) is 0 Å². The van der Waals surface area contributed by atoms with Crippen molar-refractivity contribution in [2.24, 2.45) is 5.73 Å². The van der Waals surface area contributed by atoms with Crippen LogP contribution in [0.5, 0.6) is 5.88 Å². The van der Waals surface area contributed by atoms with Crippen LogP contribution in [0.2, 0.25) is 0 Å². The number of pyridine rings is 1. The monoisotopic (exact) mass is 196 g/mol. The number of carbonyl (C=O) groups is 1. The van der Waals surface area contributed by atoms with Crippen LogP contribution in [0.4, 0.5) is 0 Å². The summed E-state index contributed by atoms with van der Waals surface area (Å²) in [4.78, 5) is 14.7. The summed E-state index contributed by atoms with van der Waals surface area (Å²) in [6, 6.07) is 1.23. The van der Waals surface area contributed by atoms with E-state index in [2.05, 4.69) is 4.98 Å². The number of hydrogen-bond acceptors (Lipinski definition) is 4. The Hall–Kier alpha value is -1.62. The molecule has 1 atom stereocenters. The number of carboxylic acids is 1. The number of carboxylic acid groups (broad SMARTS) is 1. The molecule has 0 fully saturated rings. The smallest absolute Gasteiger partial charge is 0.341 e. The van der Waals surface area contributed by atoms with Gasteiger partial charge in [-0.2, -0.15) is 0 Å².